The van der Waals surface area contributed by atoms with Gasteiger partial charge in [0.25, 0.3) is 11.8 Å². The van der Waals surface area contributed by atoms with Gasteiger partial charge in [0.2, 0.25) is 5.69 Å². The first-order valence-electron chi connectivity index (χ1n) is 24.8. The molecule has 3 heterocycles. The Morgan fingerprint density at radius 2 is 1.23 bits per heavy atom. The third kappa shape index (κ3) is 13.8. The van der Waals surface area contributed by atoms with Crippen molar-refractivity contribution in [3.05, 3.63) is 95.2 Å². The Bertz CT molecular complexity index is 3950. The molecular formula is C51H55N3O22S5-4. The highest BCUT2D eigenvalue weighted by Gasteiger charge is 2.47. The van der Waals surface area contributed by atoms with Gasteiger partial charge in [-0.1, -0.05) is 23.8 Å². The molecule has 1 fully saturated rings. The summed E-state index contributed by atoms with van der Waals surface area (Å²) < 4.78 is 205. The van der Waals surface area contributed by atoms with Crippen LogP contribution < -0.4 is 4.90 Å². The van der Waals surface area contributed by atoms with Crippen LogP contribution in [0.2, 0.25) is 0 Å². The number of rotatable bonds is 25. The minimum absolute atomic E-state index is 0.000424. The maximum atomic E-state index is 13.0. The molecule has 81 heavy (non-hydrogen) atoms. The van der Waals surface area contributed by atoms with Crippen molar-refractivity contribution >= 4 is 107 Å². The van der Waals surface area contributed by atoms with Gasteiger partial charge in [-0.3, -0.25) is 9.59 Å². The van der Waals surface area contributed by atoms with Crippen molar-refractivity contribution in [1.82, 2.24) is 5.06 Å². The van der Waals surface area contributed by atoms with E-state index in [9.17, 15) is 79.2 Å². The fourth-order valence-electron chi connectivity index (χ4n) is 10.5. The van der Waals surface area contributed by atoms with Gasteiger partial charge >= 0.3 is 5.97 Å². The summed E-state index contributed by atoms with van der Waals surface area (Å²) in [7, 11) is -24.9. The van der Waals surface area contributed by atoms with Crippen LogP contribution in [0, 0.1) is 0 Å². The van der Waals surface area contributed by atoms with E-state index in [4.69, 9.17) is 19.0 Å². The first-order valence-corrected chi connectivity index (χ1v) is 32.0. The van der Waals surface area contributed by atoms with E-state index in [0.29, 0.717) is 52.2 Å². The smallest absolute Gasteiger partial charge is 0.333 e. The van der Waals surface area contributed by atoms with E-state index in [1.807, 2.05) is 0 Å². The summed E-state index contributed by atoms with van der Waals surface area (Å²) >= 11 is 0. The molecule has 3 aliphatic heterocycles. The summed E-state index contributed by atoms with van der Waals surface area (Å²) in [6.07, 6.45) is 5.49. The van der Waals surface area contributed by atoms with E-state index >= 15 is 0 Å². The van der Waals surface area contributed by atoms with E-state index in [-0.39, 0.29) is 111 Å². The number of hydrogen-bond acceptors (Lipinski definition) is 23. The fraction of sp³-hybridized carbons (Fsp3) is 0.412. The largest absolute Gasteiger partial charge is 0.748 e. The molecule has 7 rings (SSSR count). The van der Waals surface area contributed by atoms with Crippen molar-refractivity contribution in [2.75, 3.05) is 63.9 Å². The molecule has 0 radical (unpaired) electrons. The van der Waals surface area contributed by atoms with Crippen LogP contribution in [0.4, 0.5) is 11.4 Å². The Balaban J connectivity index is 1.38. The zero-order valence-corrected chi connectivity index (χ0v) is 48.3. The number of carbonyl (C=O) groups is 3. The van der Waals surface area contributed by atoms with Crippen molar-refractivity contribution < 1.29 is 103 Å². The van der Waals surface area contributed by atoms with Gasteiger partial charge in [0.1, 0.15) is 47.0 Å². The van der Waals surface area contributed by atoms with Crippen LogP contribution in [-0.4, -0.2) is 157 Å². The molecule has 2 amide bonds. The standard InChI is InChI=1S/C51H59N3O22S5/c1-32(9-15-43-50(2,3)48-37-28-33(78(61,62)63)30-41(80(67,68)69)35(37)11-13-39(48)52(43)20-6-8-47(57)76-54-45(55)17-18-46(54)56)10-16-44-51(4,19-7-27-77(58,59)60)49-38-29-34(79(64,65)66)31-42(81(70,71)72)36(38)12-14-40(49)53(44)21-22-74-25-26-75-24-23-73-5/h9-16,28-31H,6-8,17-27H2,1-5H3,(H4-,58,59,60,61,62,63,64,65,66,67,68,69,70,71,72)/p-4. The molecule has 4 aromatic carbocycles. The van der Waals surface area contributed by atoms with Crippen molar-refractivity contribution in [2.24, 2.45) is 0 Å². The first kappa shape index (κ1) is 62.7. The maximum absolute atomic E-state index is 13.0. The Morgan fingerprint density at radius 3 is 1.78 bits per heavy atom. The molecule has 0 spiro atoms. The van der Waals surface area contributed by atoms with E-state index in [1.54, 1.807) is 61.5 Å². The lowest BCUT2D eigenvalue weighted by atomic mass is 9.75. The molecule has 3 aliphatic rings. The van der Waals surface area contributed by atoms with Gasteiger partial charge < -0.3 is 46.7 Å². The minimum Gasteiger partial charge on any atom is -0.748 e. The van der Waals surface area contributed by atoms with Crippen LogP contribution in [0.3, 0.4) is 0 Å². The van der Waals surface area contributed by atoms with Gasteiger partial charge in [0, 0.05) is 78.6 Å². The number of imide groups is 1. The van der Waals surface area contributed by atoms with Crippen LogP contribution >= 0.6 is 0 Å². The Kier molecular flexibility index (Phi) is 18.4. The van der Waals surface area contributed by atoms with Crippen molar-refractivity contribution in [1.29, 1.82) is 0 Å². The third-order valence-electron chi connectivity index (χ3n) is 14.1. The third-order valence-corrected chi connectivity index (χ3v) is 18.2. The second kappa shape index (κ2) is 23.8. The van der Waals surface area contributed by atoms with Gasteiger partial charge in [-0.15, -0.1) is 5.06 Å². The lowest BCUT2D eigenvalue weighted by Crippen LogP contribution is -2.32. The molecule has 1 atom stereocenters. The van der Waals surface area contributed by atoms with Crippen molar-refractivity contribution in [2.45, 2.75) is 96.6 Å². The van der Waals surface area contributed by atoms with Crippen molar-refractivity contribution in [3.63, 3.8) is 0 Å². The van der Waals surface area contributed by atoms with Crippen LogP contribution in [0.25, 0.3) is 21.5 Å². The quantitative estimate of drug-likeness (QED) is 0.0301. The number of allylic oxidation sites excluding steroid dienone is 6. The molecule has 0 aliphatic carbocycles. The maximum Gasteiger partial charge on any atom is 0.333 e. The van der Waals surface area contributed by atoms with Crippen molar-refractivity contribution in [3.8, 4) is 0 Å². The lowest BCUT2D eigenvalue weighted by molar-refractivity contribution is -0.438. The highest BCUT2D eigenvalue weighted by atomic mass is 32.2. The predicted octanol–water partition coefficient (Wildman–Crippen LogP) is 3.54. The number of carbonyl (C=O) groups excluding carboxylic acids is 3. The van der Waals surface area contributed by atoms with Crippen LogP contribution in [-0.2, 0) is 94.9 Å². The SMILES string of the molecule is COCCOCCOCCN1/C(=C/C=C(C)/C=C/C2=[N+](CCCC(=O)ON3C(=O)CCC3=O)c3ccc4c(S(=O)(=O)[O-])cc(S(=O)(=O)[O-])cc4c3C2(C)C)C(C)(CCCS(=O)(=O)[O-])c2c1ccc1c(S(=O)(=O)[O-])cc(S(=O)(=O)[O-])cc21. The van der Waals surface area contributed by atoms with Gasteiger partial charge in [-0.05, 0) is 105 Å². The number of anilines is 1. The van der Waals surface area contributed by atoms with Crippen LogP contribution in [0.5, 0.6) is 0 Å². The molecule has 0 saturated carbocycles. The fourth-order valence-corrected chi connectivity index (χ4v) is 13.6. The predicted molar refractivity (Wildman–Crippen MR) is 282 cm³/mol. The van der Waals surface area contributed by atoms with E-state index < -0.39 is 105 Å². The van der Waals surface area contributed by atoms with E-state index in [0.717, 1.165) is 12.1 Å². The molecule has 440 valence electrons. The number of fused-ring (bicyclic) bond motifs is 6. The second-order valence-electron chi connectivity index (χ2n) is 19.9. The molecule has 4 aromatic rings. The number of methoxy groups -OCH3 is 1. The number of benzene rings is 4. The van der Waals surface area contributed by atoms with E-state index in [2.05, 4.69) is 0 Å². The average Bonchev–Trinajstić information content (AvgIpc) is 2.58. The lowest BCUT2D eigenvalue weighted by Gasteiger charge is -2.31. The summed E-state index contributed by atoms with van der Waals surface area (Å²) in [4.78, 5) is 40.1. The van der Waals surface area contributed by atoms with Gasteiger partial charge in [0.15, 0.2) is 5.71 Å². The van der Waals surface area contributed by atoms with Gasteiger partial charge in [-0.25, -0.2) is 46.9 Å². The summed E-state index contributed by atoms with van der Waals surface area (Å²) in [6.45, 7) is 7.62. The number of amides is 2. The first-order chi connectivity index (χ1) is 37.6. The monoisotopic (exact) mass is 1220 g/mol. The minimum atomic E-state index is -5.45. The summed E-state index contributed by atoms with van der Waals surface area (Å²) in [5, 5.41) is -0.263. The van der Waals surface area contributed by atoms with Crippen LogP contribution in [0.1, 0.15) is 77.3 Å². The number of hydroxylamine groups is 2. The molecule has 0 N–H and O–H groups in total. The molecule has 30 heteroatoms. The summed E-state index contributed by atoms with van der Waals surface area (Å²) in [5.41, 5.74) is -0.292. The van der Waals surface area contributed by atoms with Gasteiger partial charge in [-0.2, -0.15) is 4.58 Å². The number of nitrogens with zero attached hydrogens (tertiary/aromatic N) is 3. The molecule has 0 aromatic heterocycles. The zero-order valence-electron chi connectivity index (χ0n) is 44.2. The molecular weight excluding hydrogens is 1170 g/mol. The van der Waals surface area contributed by atoms with Gasteiger partial charge in [0.05, 0.1) is 74.6 Å². The Morgan fingerprint density at radius 1 is 0.691 bits per heavy atom. The number of hydrogen-bond donors (Lipinski definition) is 0. The highest BCUT2D eigenvalue weighted by Crippen LogP contribution is 2.54. The average molecular weight is 1220 g/mol. The molecule has 25 nitrogen and oxygen atoms in total. The second-order valence-corrected chi connectivity index (χ2v) is 26.9. The summed E-state index contributed by atoms with van der Waals surface area (Å²) in [6, 6.07) is 8.34. The molecule has 0 bridgehead atoms. The topological polar surface area (TPSA) is 384 Å². The zero-order chi connectivity index (χ0) is 59.8. The summed E-state index contributed by atoms with van der Waals surface area (Å²) in [5.74, 6) is -3.17. The number of ether oxygens (including phenoxy) is 3. The normalized spacial score (nSPS) is 18.6. The molecule has 1 unspecified atom stereocenters. The molecule has 1 saturated heterocycles. The Hall–Kier alpha value is -5.87. The van der Waals surface area contributed by atoms with E-state index in [1.165, 1.54) is 31.4 Å². The van der Waals surface area contributed by atoms with Crippen LogP contribution in [0.15, 0.2) is 104 Å². The Labute approximate surface area is 468 Å². The highest BCUT2D eigenvalue weighted by molar-refractivity contribution is 7.87.